The second kappa shape index (κ2) is 9.11. The van der Waals surface area contributed by atoms with Crippen LogP contribution in [0.25, 0.3) is 22.2 Å². The number of anilines is 2. The van der Waals surface area contributed by atoms with E-state index in [0.29, 0.717) is 6.54 Å². The van der Waals surface area contributed by atoms with Crippen LogP contribution < -0.4 is 10.2 Å². The van der Waals surface area contributed by atoms with Crippen molar-refractivity contribution in [2.24, 2.45) is 0 Å². The number of nitrogens with zero attached hydrogens (tertiary/aromatic N) is 4. The maximum absolute atomic E-state index is 5.45. The molecule has 0 amide bonds. The molecule has 3 heterocycles. The highest BCUT2D eigenvalue weighted by Crippen LogP contribution is 2.23. The van der Waals surface area contributed by atoms with E-state index in [9.17, 15) is 0 Å². The van der Waals surface area contributed by atoms with Crippen LogP contribution in [0.2, 0.25) is 0 Å². The number of benzene rings is 2. The number of fused-ring (bicyclic) bond motifs is 1. The van der Waals surface area contributed by atoms with Crippen LogP contribution in [0.3, 0.4) is 0 Å². The Morgan fingerprint density at radius 1 is 1.00 bits per heavy atom. The van der Waals surface area contributed by atoms with E-state index < -0.39 is 0 Å². The minimum Gasteiger partial charge on any atom is -0.378 e. The van der Waals surface area contributed by atoms with Crippen LogP contribution >= 0.6 is 12.4 Å². The van der Waals surface area contributed by atoms with E-state index in [0.717, 1.165) is 54.3 Å². The lowest BCUT2D eigenvalue weighted by molar-refractivity contribution is 0.122. The molecule has 7 nitrogen and oxygen atoms in total. The Balaban J connectivity index is 0.00000218. The summed E-state index contributed by atoms with van der Waals surface area (Å²) in [5.74, 6) is 0.769. The lowest BCUT2D eigenvalue weighted by atomic mass is 10.1. The number of halogens is 1. The van der Waals surface area contributed by atoms with Crippen molar-refractivity contribution in [1.29, 1.82) is 0 Å². The molecule has 1 saturated heterocycles. The van der Waals surface area contributed by atoms with Gasteiger partial charge < -0.3 is 15.0 Å². The highest BCUT2D eigenvalue weighted by atomic mass is 35.5. The zero-order chi connectivity index (χ0) is 19.5. The first kappa shape index (κ1) is 20.1. The van der Waals surface area contributed by atoms with Crippen LogP contribution in [0.4, 0.5) is 11.5 Å². The number of hydrogen-bond donors (Lipinski definition) is 2. The van der Waals surface area contributed by atoms with Crippen molar-refractivity contribution in [3.05, 3.63) is 66.6 Å². The highest BCUT2D eigenvalue weighted by Gasteiger charge is 2.11. The molecule has 0 unspecified atom stereocenters. The fourth-order valence-electron chi connectivity index (χ4n) is 3.56. The third-order valence-electron chi connectivity index (χ3n) is 5.13. The van der Waals surface area contributed by atoms with Gasteiger partial charge in [-0.3, -0.25) is 10.1 Å². The summed E-state index contributed by atoms with van der Waals surface area (Å²) in [6.45, 7) is 4.15. The van der Waals surface area contributed by atoms with Gasteiger partial charge in [0.15, 0.2) is 0 Å². The highest BCUT2D eigenvalue weighted by molar-refractivity contribution is 5.85. The number of rotatable bonds is 5. The number of morpholine rings is 1. The predicted octanol–water partition coefficient (Wildman–Crippen LogP) is 3.89. The van der Waals surface area contributed by atoms with Gasteiger partial charge in [0.25, 0.3) is 0 Å². The number of nitrogens with one attached hydrogen (secondary N) is 2. The zero-order valence-corrected chi connectivity index (χ0v) is 17.2. The molecule has 0 bridgehead atoms. The molecule has 2 aromatic carbocycles. The molecule has 2 N–H and O–H groups in total. The predicted molar refractivity (Wildman–Crippen MR) is 121 cm³/mol. The standard InChI is InChI=1S/C22H22N6O.ClH/c1-2-16(10-19(3-1)28-6-8-29-9-7-28)12-24-22-15-23-21-11-17(4-5-20(21)27-22)18-13-25-26-14-18;/h1-5,10-11,13-15H,6-9,12H2,(H,24,27)(H,25,26);1H. The molecule has 154 valence electrons. The Bertz CT molecular complexity index is 1110. The smallest absolute Gasteiger partial charge is 0.145 e. The van der Waals surface area contributed by atoms with E-state index in [-0.39, 0.29) is 12.4 Å². The molecule has 30 heavy (non-hydrogen) atoms. The van der Waals surface area contributed by atoms with Crippen molar-refractivity contribution in [3.8, 4) is 11.1 Å². The molecule has 0 radical (unpaired) electrons. The minimum absolute atomic E-state index is 0. The maximum Gasteiger partial charge on any atom is 0.145 e. The lowest BCUT2D eigenvalue weighted by Gasteiger charge is -2.29. The van der Waals surface area contributed by atoms with Gasteiger partial charge in [-0.25, -0.2) is 4.98 Å². The molecule has 2 aromatic heterocycles. The molecule has 5 rings (SSSR count). The first-order valence-electron chi connectivity index (χ1n) is 9.77. The molecule has 1 aliphatic rings. The van der Waals surface area contributed by atoms with Crippen LogP contribution in [0, 0.1) is 0 Å². The van der Waals surface area contributed by atoms with Crippen molar-refractivity contribution < 1.29 is 4.74 Å². The third-order valence-corrected chi connectivity index (χ3v) is 5.13. The van der Waals surface area contributed by atoms with Crippen molar-refractivity contribution in [2.75, 3.05) is 36.5 Å². The van der Waals surface area contributed by atoms with Gasteiger partial charge in [-0.15, -0.1) is 12.4 Å². The van der Waals surface area contributed by atoms with Gasteiger partial charge in [0.05, 0.1) is 36.6 Å². The first-order chi connectivity index (χ1) is 14.3. The van der Waals surface area contributed by atoms with E-state index in [1.165, 1.54) is 11.3 Å². The fourth-order valence-corrected chi connectivity index (χ4v) is 3.56. The molecule has 1 aliphatic heterocycles. The lowest BCUT2D eigenvalue weighted by Crippen LogP contribution is -2.36. The molecule has 0 spiro atoms. The zero-order valence-electron chi connectivity index (χ0n) is 16.4. The third kappa shape index (κ3) is 4.37. The number of aromatic nitrogens is 4. The molecular formula is C22H23ClN6O. The van der Waals surface area contributed by atoms with Gasteiger partial charge in [0.1, 0.15) is 5.82 Å². The van der Waals surface area contributed by atoms with Crippen molar-refractivity contribution in [3.63, 3.8) is 0 Å². The van der Waals surface area contributed by atoms with Crippen LogP contribution in [0.15, 0.2) is 61.1 Å². The van der Waals surface area contributed by atoms with Gasteiger partial charge in [-0.05, 0) is 35.4 Å². The normalized spacial score (nSPS) is 13.8. The van der Waals surface area contributed by atoms with Crippen molar-refractivity contribution in [1.82, 2.24) is 20.2 Å². The second-order valence-electron chi connectivity index (χ2n) is 7.07. The molecular weight excluding hydrogens is 400 g/mol. The van der Waals surface area contributed by atoms with Gasteiger partial charge >= 0.3 is 0 Å². The number of ether oxygens (including phenoxy) is 1. The van der Waals surface area contributed by atoms with Crippen molar-refractivity contribution >= 4 is 34.9 Å². The Morgan fingerprint density at radius 2 is 1.90 bits per heavy atom. The Morgan fingerprint density at radius 3 is 2.73 bits per heavy atom. The van der Waals surface area contributed by atoms with E-state index in [1.54, 1.807) is 12.4 Å². The van der Waals surface area contributed by atoms with E-state index >= 15 is 0 Å². The average molecular weight is 423 g/mol. The fraction of sp³-hybridized carbons (Fsp3) is 0.227. The Hall–Kier alpha value is -3.16. The molecule has 4 aromatic rings. The summed E-state index contributed by atoms with van der Waals surface area (Å²) in [7, 11) is 0. The average Bonchev–Trinajstić information content (AvgIpc) is 3.33. The van der Waals surface area contributed by atoms with Gasteiger partial charge in [0, 0.05) is 37.1 Å². The summed E-state index contributed by atoms with van der Waals surface area (Å²) in [6.07, 6.45) is 5.46. The van der Waals surface area contributed by atoms with Gasteiger partial charge in [-0.2, -0.15) is 5.10 Å². The largest absolute Gasteiger partial charge is 0.378 e. The molecule has 0 aliphatic carbocycles. The summed E-state index contributed by atoms with van der Waals surface area (Å²) in [4.78, 5) is 11.6. The van der Waals surface area contributed by atoms with E-state index in [4.69, 9.17) is 9.72 Å². The molecule has 0 atom stereocenters. The monoisotopic (exact) mass is 422 g/mol. The van der Waals surface area contributed by atoms with E-state index in [2.05, 4.69) is 49.7 Å². The Kier molecular flexibility index (Phi) is 6.11. The maximum atomic E-state index is 5.45. The van der Waals surface area contributed by atoms with Crippen LogP contribution in [-0.2, 0) is 11.3 Å². The van der Waals surface area contributed by atoms with Crippen LogP contribution in [0.1, 0.15) is 5.56 Å². The second-order valence-corrected chi connectivity index (χ2v) is 7.07. The van der Waals surface area contributed by atoms with Gasteiger partial charge in [-0.1, -0.05) is 18.2 Å². The van der Waals surface area contributed by atoms with E-state index in [1.807, 2.05) is 24.4 Å². The van der Waals surface area contributed by atoms with Gasteiger partial charge in [0.2, 0.25) is 0 Å². The quantitative estimate of drug-likeness (QED) is 0.508. The first-order valence-corrected chi connectivity index (χ1v) is 9.77. The minimum atomic E-state index is 0. The number of H-pyrrole nitrogens is 1. The Labute approximate surface area is 180 Å². The SMILES string of the molecule is Cl.c1cc(CNc2cnc3cc(-c4cn[nH]c4)ccc3n2)cc(N2CCOCC2)c1. The summed E-state index contributed by atoms with van der Waals surface area (Å²) in [6, 6.07) is 14.7. The molecule has 1 fully saturated rings. The summed E-state index contributed by atoms with van der Waals surface area (Å²) in [5, 5.41) is 10.2. The summed E-state index contributed by atoms with van der Waals surface area (Å²) >= 11 is 0. The topological polar surface area (TPSA) is 79.0 Å². The van der Waals surface area contributed by atoms with Crippen LogP contribution in [-0.4, -0.2) is 46.5 Å². The summed E-state index contributed by atoms with van der Waals surface area (Å²) in [5.41, 5.74) is 6.29. The summed E-state index contributed by atoms with van der Waals surface area (Å²) < 4.78 is 5.45. The number of hydrogen-bond acceptors (Lipinski definition) is 6. The molecule has 0 saturated carbocycles. The number of aromatic amines is 1. The molecule has 8 heteroatoms. The van der Waals surface area contributed by atoms with Crippen molar-refractivity contribution in [2.45, 2.75) is 6.54 Å². The van der Waals surface area contributed by atoms with Crippen LogP contribution in [0.5, 0.6) is 0 Å².